The van der Waals surface area contributed by atoms with Gasteiger partial charge in [-0.1, -0.05) is 17.7 Å². The molecule has 2 aliphatic rings. The van der Waals surface area contributed by atoms with Crippen LogP contribution in [0.25, 0.3) is 0 Å². The molecule has 0 aromatic heterocycles. The third-order valence-electron chi connectivity index (χ3n) is 3.86. The lowest BCUT2D eigenvalue weighted by Crippen LogP contribution is -2.32. The van der Waals surface area contributed by atoms with Crippen molar-refractivity contribution in [3.05, 3.63) is 28.8 Å². The second kappa shape index (κ2) is 4.51. The van der Waals surface area contributed by atoms with Gasteiger partial charge >= 0.3 is 0 Å². The maximum Gasteiger partial charge on any atom is 0.0635 e. The lowest BCUT2D eigenvalue weighted by atomic mass is 10.1. The Balaban J connectivity index is 1.60. The van der Waals surface area contributed by atoms with Crippen LogP contribution in [0.3, 0.4) is 0 Å². The van der Waals surface area contributed by atoms with E-state index in [4.69, 9.17) is 17.3 Å². The summed E-state index contributed by atoms with van der Waals surface area (Å²) in [4.78, 5) is 0. The molecule has 92 valence electrons. The summed E-state index contributed by atoms with van der Waals surface area (Å²) < 4.78 is 0. The van der Waals surface area contributed by atoms with E-state index in [2.05, 4.69) is 11.4 Å². The van der Waals surface area contributed by atoms with Gasteiger partial charge in [0, 0.05) is 12.6 Å². The number of hydrogen-bond donors (Lipinski definition) is 2. The molecular formula is C14H19ClN2. The number of nitrogens with two attached hydrogens (primary N) is 1. The van der Waals surface area contributed by atoms with Crippen LogP contribution in [-0.2, 0) is 6.54 Å². The average Bonchev–Trinajstić information content (AvgIpc) is 3.14. The number of anilines is 1. The van der Waals surface area contributed by atoms with Gasteiger partial charge in [-0.3, -0.25) is 0 Å². The summed E-state index contributed by atoms with van der Waals surface area (Å²) in [6.07, 6.45) is 5.65. The highest BCUT2D eigenvalue weighted by atomic mass is 35.5. The molecule has 2 aliphatic carbocycles. The summed E-state index contributed by atoms with van der Waals surface area (Å²) in [6, 6.07) is 6.67. The molecule has 0 unspecified atom stereocenters. The van der Waals surface area contributed by atoms with Crippen molar-refractivity contribution in [2.45, 2.75) is 38.3 Å². The van der Waals surface area contributed by atoms with Gasteiger partial charge in [0.15, 0.2) is 0 Å². The van der Waals surface area contributed by atoms with Crippen molar-refractivity contribution in [2.75, 3.05) is 5.73 Å². The highest BCUT2D eigenvalue weighted by Gasteiger charge is 2.40. The molecule has 0 heterocycles. The van der Waals surface area contributed by atoms with Gasteiger partial charge in [-0.05, 0) is 55.2 Å². The first-order chi connectivity index (χ1) is 8.24. The van der Waals surface area contributed by atoms with Crippen LogP contribution in [0.1, 0.15) is 31.2 Å². The van der Waals surface area contributed by atoms with Crippen molar-refractivity contribution in [3.8, 4) is 0 Å². The molecule has 0 radical (unpaired) electrons. The molecule has 0 aliphatic heterocycles. The zero-order valence-corrected chi connectivity index (χ0v) is 10.7. The summed E-state index contributed by atoms with van der Waals surface area (Å²) in [5, 5.41) is 4.36. The Morgan fingerprint density at radius 2 is 1.88 bits per heavy atom. The van der Waals surface area contributed by atoms with Crippen LogP contribution in [-0.4, -0.2) is 6.04 Å². The zero-order valence-electron chi connectivity index (χ0n) is 9.95. The van der Waals surface area contributed by atoms with Crippen molar-refractivity contribution in [2.24, 2.45) is 11.8 Å². The summed E-state index contributed by atoms with van der Waals surface area (Å²) in [6.45, 7) is 0.916. The smallest absolute Gasteiger partial charge is 0.0635 e. The fourth-order valence-corrected chi connectivity index (χ4v) is 2.69. The molecule has 2 fully saturated rings. The number of rotatable bonds is 5. The van der Waals surface area contributed by atoms with Gasteiger partial charge in [0.2, 0.25) is 0 Å². The predicted octanol–water partition coefficient (Wildman–Crippen LogP) is 3.20. The first-order valence-corrected chi connectivity index (χ1v) is 6.89. The molecule has 2 nitrogen and oxygen atoms in total. The van der Waals surface area contributed by atoms with Gasteiger partial charge in [0.05, 0.1) is 10.7 Å². The van der Waals surface area contributed by atoms with E-state index < -0.39 is 0 Å². The van der Waals surface area contributed by atoms with Crippen molar-refractivity contribution in [1.29, 1.82) is 0 Å². The van der Waals surface area contributed by atoms with Gasteiger partial charge in [-0.25, -0.2) is 0 Å². The highest BCUT2D eigenvalue weighted by molar-refractivity contribution is 6.33. The Hall–Kier alpha value is -0.730. The Morgan fingerprint density at radius 3 is 2.41 bits per heavy atom. The number of hydrogen-bond acceptors (Lipinski definition) is 2. The normalized spacial score (nSPS) is 19.9. The van der Waals surface area contributed by atoms with E-state index in [1.54, 1.807) is 0 Å². The summed E-state index contributed by atoms with van der Waals surface area (Å²) in [5.41, 5.74) is 7.73. The number of benzene rings is 1. The third kappa shape index (κ3) is 2.75. The van der Waals surface area contributed by atoms with E-state index in [0.29, 0.717) is 10.7 Å². The minimum Gasteiger partial charge on any atom is -0.398 e. The first-order valence-electron chi connectivity index (χ1n) is 6.51. The van der Waals surface area contributed by atoms with Crippen LogP contribution in [0.4, 0.5) is 5.69 Å². The molecule has 17 heavy (non-hydrogen) atoms. The van der Waals surface area contributed by atoms with Crippen LogP contribution in [0.5, 0.6) is 0 Å². The molecule has 3 N–H and O–H groups in total. The highest BCUT2D eigenvalue weighted by Crippen LogP contribution is 2.44. The Bertz CT molecular complexity index is 399. The number of nitrogen functional groups attached to an aromatic ring is 1. The van der Waals surface area contributed by atoms with E-state index in [1.807, 2.05) is 12.1 Å². The van der Waals surface area contributed by atoms with E-state index in [9.17, 15) is 0 Å². The lowest BCUT2D eigenvalue weighted by molar-refractivity contribution is 0.416. The van der Waals surface area contributed by atoms with Gasteiger partial charge in [-0.2, -0.15) is 0 Å². The summed E-state index contributed by atoms with van der Waals surface area (Å²) in [5.74, 6) is 1.87. The maximum atomic E-state index is 5.92. The van der Waals surface area contributed by atoms with Crippen LogP contribution < -0.4 is 11.1 Å². The van der Waals surface area contributed by atoms with Crippen molar-refractivity contribution < 1.29 is 0 Å². The summed E-state index contributed by atoms with van der Waals surface area (Å²) >= 11 is 5.92. The number of halogens is 1. The molecule has 3 heteroatoms. The molecule has 1 aromatic rings. The number of nitrogens with one attached hydrogen (secondary N) is 1. The molecule has 3 rings (SSSR count). The molecular weight excluding hydrogens is 232 g/mol. The van der Waals surface area contributed by atoms with E-state index in [-0.39, 0.29) is 0 Å². The quantitative estimate of drug-likeness (QED) is 0.788. The van der Waals surface area contributed by atoms with Gasteiger partial charge in [0.25, 0.3) is 0 Å². The maximum absolute atomic E-state index is 5.92. The minimum absolute atomic E-state index is 0.648. The minimum atomic E-state index is 0.648. The monoisotopic (exact) mass is 250 g/mol. The topological polar surface area (TPSA) is 38.0 Å². The van der Waals surface area contributed by atoms with Crippen molar-refractivity contribution in [3.63, 3.8) is 0 Å². The largest absolute Gasteiger partial charge is 0.398 e. The second-order valence-corrected chi connectivity index (χ2v) is 5.84. The summed E-state index contributed by atoms with van der Waals surface area (Å²) in [7, 11) is 0. The van der Waals surface area contributed by atoms with Crippen molar-refractivity contribution >= 4 is 17.3 Å². The Labute approximate surface area is 108 Å². The van der Waals surface area contributed by atoms with Crippen LogP contribution in [0.2, 0.25) is 5.02 Å². The second-order valence-electron chi connectivity index (χ2n) is 5.44. The van der Waals surface area contributed by atoms with Crippen LogP contribution in [0, 0.1) is 11.8 Å². The average molecular weight is 251 g/mol. The fraction of sp³-hybridized carbons (Fsp3) is 0.571. The molecule has 0 amide bonds. The van der Waals surface area contributed by atoms with Crippen LogP contribution in [0.15, 0.2) is 18.2 Å². The van der Waals surface area contributed by atoms with Crippen LogP contribution >= 0.6 is 11.6 Å². The van der Waals surface area contributed by atoms with Gasteiger partial charge in [0.1, 0.15) is 0 Å². The first kappa shape index (κ1) is 11.4. The molecule has 1 aromatic carbocycles. The van der Waals surface area contributed by atoms with Gasteiger partial charge in [-0.15, -0.1) is 0 Å². The molecule has 2 saturated carbocycles. The molecule has 0 bridgehead atoms. The SMILES string of the molecule is Nc1cc(CNC(C2CC2)C2CC2)ccc1Cl. The lowest BCUT2D eigenvalue weighted by Gasteiger charge is -2.17. The predicted molar refractivity (Wildman–Crippen MR) is 71.9 cm³/mol. The van der Waals surface area contributed by atoms with E-state index in [0.717, 1.165) is 24.4 Å². The van der Waals surface area contributed by atoms with Gasteiger partial charge < -0.3 is 11.1 Å². The standard InChI is InChI=1S/C14H19ClN2/c15-12-6-1-9(7-13(12)16)8-17-14(10-2-3-10)11-4-5-11/h1,6-7,10-11,14,17H,2-5,8,16H2. The van der Waals surface area contributed by atoms with E-state index >= 15 is 0 Å². The molecule has 0 saturated heterocycles. The Kier molecular flexibility index (Phi) is 3.01. The Morgan fingerprint density at radius 1 is 1.24 bits per heavy atom. The molecule has 0 spiro atoms. The van der Waals surface area contributed by atoms with E-state index in [1.165, 1.54) is 31.2 Å². The molecule has 0 atom stereocenters. The zero-order chi connectivity index (χ0) is 11.8. The third-order valence-corrected chi connectivity index (χ3v) is 4.21. The van der Waals surface area contributed by atoms with Crippen molar-refractivity contribution in [1.82, 2.24) is 5.32 Å². The fourth-order valence-electron chi connectivity index (χ4n) is 2.57.